The molecule has 0 amide bonds. The second-order valence-corrected chi connectivity index (χ2v) is 17.5. The van der Waals surface area contributed by atoms with Gasteiger partial charge in [0, 0.05) is 67.3 Å². The minimum Gasteiger partial charge on any atom is -0.472 e. The first-order chi connectivity index (χ1) is 24.2. The molecule has 3 aliphatic heterocycles. The molecular formula is C38H48O14. The van der Waals surface area contributed by atoms with Crippen LogP contribution in [-0.4, -0.2) is 82.5 Å². The highest BCUT2D eigenvalue weighted by molar-refractivity contribution is 6.01. The Bertz CT molecular complexity index is 1770. The summed E-state index contributed by atoms with van der Waals surface area (Å²) in [5, 5.41) is 13.7. The molecule has 0 aromatic carbocycles. The van der Waals surface area contributed by atoms with Gasteiger partial charge in [-0.1, -0.05) is 34.6 Å². The molecule has 14 heteroatoms. The molecule has 1 aromatic rings. The zero-order valence-corrected chi connectivity index (χ0v) is 31.1. The lowest BCUT2D eigenvalue weighted by atomic mass is 9.39. The number of hydrogen-bond donors (Lipinski definition) is 1. The van der Waals surface area contributed by atoms with E-state index in [0.29, 0.717) is 12.0 Å². The van der Waals surface area contributed by atoms with Gasteiger partial charge in [-0.05, 0) is 31.2 Å². The van der Waals surface area contributed by atoms with E-state index in [1.165, 1.54) is 33.5 Å². The fraction of sp³-hybridized carbons (Fsp3) is 0.763. The molecule has 14 atom stereocenters. The molecule has 4 saturated carbocycles. The molecule has 0 radical (unpaired) electrons. The van der Waals surface area contributed by atoms with Crippen LogP contribution in [-0.2, 0) is 57.1 Å². The first kappa shape index (κ1) is 35.7. The smallest absolute Gasteiger partial charge is 0.317 e. The summed E-state index contributed by atoms with van der Waals surface area (Å²) in [6.07, 6.45) is -0.699. The Hall–Kier alpha value is -3.33. The Morgan fingerprint density at radius 2 is 1.62 bits per heavy atom. The van der Waals surface area contributed by atoms with Crippen molar-refractivity contribution >= 4 is 29.7 Å². The van der Waals surface area contributed by atoms with E-state index in [0.717, 1.165) is 0 Å². The third-order valence-electron chi connectivity index (χ3n) is 14.6. The lowest BCUT2D eigenvalue weighted by Crippen LogP contribution is -2.83. The standard InChI is InChI=1S/C38H48O14/c1-18(2)25(42)24-26-31(5,27(49-28(24)43)21-10-13-46-15-21)11-12-37-33(7)22(14-23(41)45-9)32(6)16-35(33)17-36(44,29(32)47-19(3)39)30(48-20(4)40)38(26,37)52-34(8,50-35)51-37/h10,13,15,18,22,24,26-27,29-30,44H,11-12,14,16-17H2,1-9H3. The quantitative estimate of drug-likeness (QED) is 0.244. The molecule has 3 saturated heterocycles. The second kappa shape index (κ2) is 10.5. The van der Waals surface area contributed by atoms with Crippen molar-refractivity contribution in [3.8, 4) is 0 Å². The van der Waals surface area contributed by atoms with E-state index in [9.17, 15) is 29.1 Å². The molecule has 14 unspecified atom stereocenters. The van der Waals surface area contributed by atoms with Crippen molar-refractivity contribution < 1.29 is 66.7 Å². The van der Waals surface area contributed by atoms with Crippen LogP contribution in [0.25, 0.3) is 0 Å². The molecule has 1 N–H and O–H groups in total. The van der Waals surface area contributed by atoms with Gasteiger partial charge in [0.2, 0.25) is 0 Å². The van der Waals surface area contributed by atoms with Crippen molar-refractivity contribution in [2.45, 2.75) is 134 Å². The summed E-state index contributed by atoms with van der Waals surface area (Å²) in [5.74, 6) is -9.14. The molecule has 1 aromatic heterocycles. The lowest BCUT2D eigenvalue weighted by Gasteiger charge is -2.69. The predicted octanol–water partition coefficient (Wildman–Crippen LogP) is 3.71. The van der Waals surface area contributed by atoms with Crippen LogP contribution in [0.15, 0.2) is 23.0 Å². The summed E-state index contributed by atoms with van der Waals surface area (Å²) in [4.78, 5) is 69.1. The lowest BCUT2D eigenvalue weighted by molar-refractivity contribution is -0.447. The SMILES string of the molecule is COC(=O)CC1C2(C)CC34CC(O)(C2OC(C)=O)C(OC(C)=O)C25OC(C)(O3)OC2(CCC2(C)C(c3ccoc3)OC(=O)C(C(=O)C(C)C)C25)C14C. The van der Waals surface area contributed by atoms with Gasteiger partial charge in [-0.25, -0.2) is 0 Å². The topological polar surface area (TPSA) is 183 Å². The number of rotatable bonds is 7. The van der Waals surface area contributed by atoms with Crippen molar-refractivity contribution in [2.24, 2.45) is 39.9 Å². The molecule has 5 bridgehead atoms. The molecule has 14 nitrogen and oxygen atoms in total. The van der Waals surface area contributed by atoms with Gasteiger partial charge >= 0.3 is 23.9 Å². The van der Waals surface area contributed by atoms with Gasteiger partial charge in [-0.3, -0.25) is 24.0 Å². The van der Waals surface area contributed by atoms with Gasteiger partial charge in [0.25, 0.3) is 5.97 Å². The largest absolute Gasteiger partial charge is 0.472 e. The number of fused-ring (bicyclic) bond motifs is 4. The monoisotopic (exact) mass is 728 g/mol. The highest BCUT2D eigenvalue weighted by atomic mass is 16.9. The van der Waals surface area contributed by atoms with Crippen LogP contribution in [0.3, 0.4) is 0 Å². The second-order valence-electron chi connectivity index (χ2n) is 17.5. The van der Waals surface area contributed by atoms with Gasteiger partial charge < -0.3 is 42.7 Å². The third kappa shape index (κ3) is 3.82. The number of aliphatic hydroxyl groups is 1. The summed E-state index contributed by atoms with van der Waals surface area (Å²) in [5.41, 5.74) is -10.2. The molecule has 52 heavy (non-hydrogen) atoms. The number of carbonyl (C=O) groups is 5. The van der Waals surface area contributed by atoms with Gasteiger partial charge in [0.05, 0.1) is 25.2 Å². The van der Waals surface area contributed by atoms with Crippen molar-refractivity contribution in [3.05, 3.63) is 24.2 Å². The zero-order chi connectivity index (χ0) is 37.8. The van der Waals surface area contributed by atoms with Gasteiger partial charge in [-0.2, -0.15) is 0 Å². The van der Waals surface area contributed by atoms with Gasteiger partial charge in [0.15, 0.2) is 6.10 Å². The molecule has 8 rings (SSSR count). The van der Waals surface area contributed by atoms with E-state index in [2.05, 4.69) is 0 Å². The number of ether oxygens (including phenoxy) is 7. The van der Waals surface area contributed by atoms with E-state index in [-0.39, 0.29) is 25.7 Å². The van der Waals surface area contributed by atoms with Gasteiger partial charge in [-0.15, -0.1) is 0 Å². The van der Waals surface area contributed by atoms with Crippen molar-refractivity contribution in [3.63, 3.8) is 0 Å². The van der Waals surface area contributed by atoms with Crippen LogP contribution < -0.4 is 0 Å². The van der Waals surface area contributed by atoms with Crippen LogP contribution in [0, 0.1) is 39.9 Å². The number of cyclic esters (lactones) is 1. The van der Waals surface area contributed by atoms with E-state index in [1.54, 1.807) is 26.8 Å². The van der Waals surface area contributed by atoms with Crippen LogP contribution in [0.2, 0.25) is 0 Å². The number of hydrogen-bond acceptors (Lipinski definition) is 14. The zero-order valence-electron chi connectivity index (χ0n) is 31.1. The van der Waals surface area contributed by atoms with E-state index in [4.69, 9.17) is 37.6 Å². The van der Waals surface area contributed by atoms with E-state index < -0.39 is 116 Å². The van der Waals surface area contributed by atoms with Crippen LogP contribution in [0.5, 0.6) is 0 Å². The summed E-state index contributed by atoms with van der Waals surface area (Å²) >= 11 is 0. The third-order valence-corrected chi connectivity index (χ3v) is 14.6. The number of Topliss-reactive ketones (excluding diaryl/α,β-unsaturated/α-hetero) is 1. The molecule has 7 aliphatic rings. The fourth-order valence-electron chi connectivity index (χ4n) is 13.4. The van der Waals surface area contributed by atoms with Crippen LogP contribution >= 0.6 is 0 Å². The summed E-state index contributed by atoms with van der Waals surface area (Å²) in [6, 6.07) is 1.69. The normalized spacial score (nSPS) is 50.6. The maximum atomic E-state index is 14.6. The summed E-state index contributed by atoms with van der Waals surface area (Å²) in [6.45, 7) is 13.1. The summed E-state index contributed by atoms with van der Waals surface area (Å²) < 4.78 is 50.9. The van der Waals surface area contributed by atoms with Crippen molar-refractivity contribution in [1.29, 1.82) is 0 Å². The molecule has 4 aliphatic carbocycles. The molecule has 4 heterocycles. The average Bonchev–Trinajstić information content (AvgIpc) is 3.70. The molecule has 284 valence electrons. The number of esters is 4. The number of methoxy groups -OCH3 is 1. The fourth-order valence-corrected chi connectivity index (χ4v) is 13.4. The van der Waals surface area contributed by atoms with E-state index >= 15 is 0 Å². The highest BCUT2D eigenvalue weighted by Gasteiger charge is 2.98. The maximum absolute atomic E-state index is 14.6. The number of carbonyl (C=O) groups excluding carboxylic acids is 5. The van der Waals surface area contributed by atoms with Gasteiger partial charge in [0.1, 0.15) is 40.7 Å². The number of ketones is 1. The Morgan fingerprint density at radius 3 is 2.21 bits per heavy atom. The molecule has 2 spiro atoms. The average molecular weight is 729 g/mol. The summed E-state index contributed by atoms with van der Waals surface area (Å²) in [7, 11) is 1.29. The Kier molecular flexibility index (Phi) is 7.17. The minimum absolute atomic E-state index is 0.172. The first-order valence-electron chi connectivity index (χ1n) is 18.2. The highest BCUT2D eigenvalue weighted by Crippen LogP contribution is 2.86. The maximum Gasteiger partial charge on any atom is 0.317 e. The van der Waals surface area contributed by atoms with Crippen LogP contribution in [0.4, 0.5) is 0 Å². The van der Waals surface area contributed by atoms with E-state index in [1.807, 2.05) is 20.8 Å². The Labute approximate surface area is 301 Å². The molecular weight excluding hydrogens is 680 g/mol. The Balaban J connectivity index is 1.52. The molecule has 7 fully saturated rings. The Morgan fingerprint density at radius 1 is 0.942 bits per heavy atom. The first-order valence-corrected chi connectivity index (χ1v) is 18.2. The predicted molar refractivity (Wildman–Crippen MR) is 173 cm³/mol. The van der Waals surface area contributed by atoms with Crippen molar-refractivity contribution in [2.75, 3.05) is 7.11 Å². The number of furan rings is 1. The van der Waals surface area contributed by atoms with Crippen LogP contribution in [0.1, 0.15) is 99.2 Å². The minimum atomic E-state index is -2.25. The van der Waals surface area contributed by atoms with Crippen molar-refractivity contribution in [1.82, 2.24) is 0 Å².